The molecule has 0 heterocycles. The van der Waals surface area contributed by atoms with Gasteiger partial charge in [0.25, 0.3) is 0 Å². The Morgan fingerprint density at radius 2 is 1.76 bits per heavy atom. The van der Waals surface area contributed by atoms with Crippen LogP contribution in [0.4, 0.5) is 5.69 Å². The molecule has 0 aliphatic carbocycles. The zero-order valence-corrected chi connectivity index (χ0v) is 12.5. The first kappa shape index (κ1) is 15.2. The summed E-state index contributed by atoms with van der Waals surface area (Å²) >= 11 is 0. The molecule has 0 unspecified atom stereocenters. The fraction of sp³-hybridized carbons (Fsp3) is 0.333. The summed E-state index contributed by atoms with van der Waals surface area (Å²) in [5, 5.41) is 0. The van der Waals surface area contributed by atoms with Gasteiger partial charge in [-0.2, -0.15) is 0 Å². The Morgan fingerprint density at radius 1 is 0.952 bits per heavy atom. The van der Waals surface area contributed by atoms with E-state index in [-0.39, 0.29) is 0 Å². The second kappa shape index (κ2) is 8.20. The number of anilines is 1. The normalized spacial score (nSPS) is 10.3. The minimum absolute atomic E-state index is 0.653. The number of rotatable bonds is 8. The highest BCUT2D eigenvalue weighted by Gasteiger charge is 2.03. The lowest BCUT2D eigenvalue weighted by molar-refractivity contribution is 0.299. The maximum atomic E-state index is 5.88. The third kappa shape index (κ3) is 5.03. The van der Waals surface area contributed by atoms with Crippen molar-refractivity contribution in [3.8, 4) is 11.5 Å². The van der Waals surface area contributed by atoms with Crippen LogP contribution in [0.3, 0.4) is 0 Å². The van der Waals surface area contributed by atoms with Gasteiger partial charge in [-0.1, -0.05) is 37.3 Å². The molecule has 0 spiro atoms. The van der Waals surface area contributed by atoms with Crippen LogP contribution in [0, 0.1) is 0 Å². The summed E-state index contributed by atoms with van der Waals surface area (Å²) in [6.07, 6.45) is 2.97. The van der Waals surface area contributed by atoms with Gasteiger partial charge in [0.15, 0.2) is 0 Å². The van der Waals surface area contributed by atoms with Crippen molar-refractivity contribution in [2.45, 2.75) is 26.2 Å². The quantitative estimate of drug-likeness (QED) is 0.587. The molecular weight excluding hydrogens is 262 g/mol. The number of hydrogen-bond acceptors (Lipinski definition) is 3. The zero-order valence-electron chi connectivity index (χ0n) is 12.5. The molecule has 3 heteroatoms. The molecule has 0 saturated heterocycles. The highest BCUT2D eigenvalue weighted by Crippen LogP contribution is 2.27. The van der Waals surface area contributed by atoms with Crippen molar-refractivity contribution < 1.29 is 9.47 Å². The highest BCUT2D eigenvalue weighted by atomic mass is 16.5. The third-order valence-electron chi connectivity index (χ3n) is 3.17. The van der Waals surface area contributed by atoms with Crippen LogP contribution in [-0.2, 0) is 6.42 Å². The van der Waals surface area contributed by atoms with Crippen LogP contribution in [0.5, 0.6) is 11.5 Å². The smallest absolute Gasteiger partial charge is 0.145 e. The number of benzene rings is 2. The van der Waals surface area contributed by atoms with E-state index in [0.29, 0.717) is 24.7 Å². The molecule has 0 saturated carbocycles. The van der Waals surface area contributed by atoms with Gasteiger partial charge in [-0.05, 0) is 37.0 Å². The topological polar surface area (TPSA) is 44.5 Å². The Bertz CT molecular complexity index is 540. The zero-order chi connectivity index (χ0) is 14.9. The van der Waals surface area contributed by atoms with E-state index in [1.807, 2.05) is 24.3 Å². The fourth-order valence-electron chi connectivity index (χ4n) is 2.05. The number of hydrogen-bond donors (Lipinski definition) is 1. The largest absolute Gasteiger partial charge is 0.493 e. The molecule has 0 aromatic heterocycles. The Balaban J connectivity index is 1.80. The van der Waals surface area contributed by atoms with Gasteiger partial charge in [0.05, 0.1) is 18.9 Å². The molecule has 0 atom stereocenters. The molecule has 0 amide bonds. The summed E-state index contributed by atoms with van der Waals surface area (Å²) in [7, 11) is 0. The molecule has 0 bridgehead atoms. The molecule has 2 aromatic rings. The number of nitrogen functional groups attached to an aromatic ring is 1. The van der Waals surface area contributed by atoms with E-state index in [4.69, 9.17) is 15.2 Å². The first-order chi connectivity index (χ1) is 10.3. The Kier molecular flexibility index (Phi) is 5.95. The van der Waals surface area contributed by atoms with Crippen LogP contribution in [0.25, 0.3) is 0 Å². The first-order valence-corrected chi connectivity index (χ1v) is 7.48. The summed E-state index contributed by atoms with van der Waals surface area (Å²) < 4.78 is 11.4. The third-order valence-corrected chi connectivity index (χ3v) is 3.17. The van der Waals surface area contributed by atoms with Crippen LogP contribution >= 0.6 is 0 Å². The standard InChI is InChI=1S/C18H23NO2/c1-2-12-21-18-14-16(10-11-17(18)19)20-13-6-9-15-7-4-3-5-8-15/h3-5,7-8,10-11,14H,2,6,9,12-13,19H2,1H3. The number of aryl methyl sites for hydroxylation is 1. The van der Waals surface area contributed by atoms with Crippen molar-refractivity contribution in [1.29, 1.82) is 0 Å². The molecule has 2 rings (SSSR count). The van der Waals surface area contributed by atoms with Crippen LogP contribution < -0.4 is 15.2 Å². The average molecular weight is 285 g/mol. The molecular formula is C18H23NO2. The second-order valence-corrected chi connectivity index (χ2v) is 4.99. The molecule has 2 N–H and O–H groups in total. The molecule has 0 aliphatic heterocycles. The maximum absolute atomic E-state index is 5.88. The summed E-state index contributed by atoms with van der Waals surface area (Å²) in [5.41, 5.74) is 7.87. The maximum Gasteiger partial charge on any atom is 0.145 e. The Labute approximate surface area is 126 Å². The average Bonchev–Trinajstić information content (AvgIpc) is 2.52. The number of ether oxygens (including phenoxy) is 2. The lowest BCUT2D eigenvalue weighted by Gasteiger charge is -2.11. The van der Waals surface area contributed by atoms with Gasteiger partial charge in [0.2, 0.25) is 0 Å². The minimum Gasteiger partial charge on any atom is -0.493 e. The van der Waals surface area contributed by atoms with Gasteiger partial charge in [0.1, 0.15) is 11.5 Å². The van der Waals surface area contributed by atoms with Crippen LogP contribution in [0.1, 0.15) is 25.3 Å². The van der Waals surface area contributed by atoms with Crippen LogP contribution in [0.15, 0.2) is 48.5 Å². The Morgan fingerprint density at radius 3 is 2.52 bits per heavy atom. The molecule has 0 aliphatic rings. The van der Waals surface area contributed by atoms with Crippen molar-refractivity contribution in [3.63, 3.8) is 0 Å². The lowest BCUT2D eigenvalue weighted by atomic mass is 10.1. The molecule has 112 valence electrons. The van der Waals surface area contributed by atoms with Gasteiger partial charge in [-0.3, -0.25) is 0 Å². The summed E-state index contributed by atoms with van der Waals surface area (Å²) in [6, 6.07) is 16.0. The van der Waals surface area contributed by atoms with E-state index in [0.717, 1.165) is 25.0 Å². The lowest BCUT2D eigenvalue weighted by Crippen LogP contribution is -2.02. The van der Waals surface area contributed by atoms with E-state index in [1.165, 1.54) is 5.56 Å². The SMILES string of the molecule is CCCOc1cc(OCCCc2ccccc2)ccc1N. The van der Waals surface area contributed by atoms with Crippen LogP contribution in [-0.4, -0.2) is 13.2 Å². The predicted molar refractivity (Wildman–Crippen MR) is 86.9 cm³/mol. The summed E-state index contributed by atoms with van der Waals surface area (Å²) in [6.45, 7) is 3.42. The Hall–Kier alpha value is -2.16. The van der Waals surface area contributed by atoms with E-state index >= 15 is 0 Å². The predicted octanol–water partition coefficient (Wildman–Crippen LogP) is 4.07. The van der Waals surface area contributed by atoms with E-state index in [1.54, 1.807) is 0 Å². The summed E-state index contributed by atoms with van der Waals surface area (Å²) in [5.74, 6) is 1.51. The first-order valence-electron chi connectivity index (χ1n) is 7.48. The second-order valence-electron chi connectivity index (χ2n) is 4.99. The van der Waals surface area contributed by atoms with Gasteiger partial charge in [0, 0.05) is 6.07 Å². The summed E-state index contributed by atoms with van der Waals surface area (Å²) in [4.78, 5) is 0. The van der Waals surface area contributed by atoms with Crippen molar-refractivity contribution in [2.24, 2.45) is 0 Å². The van der Waals surface area contributed by atoms with E-state index in [2.05, 4.69) is 31.2 Å². The number of nitrogens with two attached hydrogens (primary N) is 1. The fourth-order valence-corrected chi connectivity index (χ4v) is 2.05. The van der Waals surface area contributed by atoms with Crippen LogP contribution in [0.2, 0.25) is 0 Å². The molecule has 21 heavy (non-hydrogen) atoms. The van der Waals surface area contributed by atoms with Crippen molar-refractivity contribution in [3.05, 3.63) is 54.1 Å². The van der Waals surface area contributed by atoms with Gasteiger partial charge < -0.3 is 15.2 Å². The van der Waals surface area contributed by atoms with E-state index < -0.39 is 0 Å². The van der Waals surface area contributed by atoms with E-state index in [9.17, 15) is 0 Å². The van der Waals surface area contributed by atoms with Gasteiger partial charge in [-0.25, -0.2) is 0 Å². The minimum atomic E-state index is 0.653. The van der Waals surface area contributed by atoms with Gasteiger partial charge in [-0.15, -0.1) is 0 Å². The monoisotopic (exact) mass is 285 g/mol. The van der Waals surface area contributed by atoms with Crippen molar-refractivity contribution in [2.75, 3.05) is 18.9 Å². The van der Waals surface area contributed by atoms with Crippen molar-refractivity contribution >= 4 is 5.69 Å². The van der Waals surface area contributed by atoms with Crippen molar-refractivity contribution in [1.82, 2.24) is 0 Å². The molecule has 2 aromatic carbocycles. The molecule has 0 fully saturated rings. The van der Waals surface area contributed by atoms with Gasteiger partial charge >= 0.3 is 0 Å². The highest BCUT2D eigenvalue weighted by molar-refractivity contribution is 5.55. The molecule has 0 radical (unpaired) electrons. The molecule has 3 nitrogen and oxygen atoms in total.